The van der Waals surface area contributed by atoms with Crippen LogP contribution in [0.2, 0.25) is 0 Å². The normalized spacial score (nSPS) is 11.2. The van der Waals surface area contributed by atoms with Gasteiger partial charge in [-0.05, 0) is 42.0 Å². The van der Waals surface area contributed by atoms with Crippen molar-refractivity contribution >= 4 is 33.5 Å². The summed E-state index contributed by atoms with van der Waals surface area (Å²) in [6.07, 6.45) is 1.49. The molecule has 0 spiro atoms. The van der Waals surface area contributed by atoms with Crippen molar-refractivity contribution in [2.75, 3.05) is 44.1 Å². The Morgan fingerprint density at radius 2 is 1.66 bits per heavy atom. The van der Waals surface area contributed by atoms with Gasteiger partial charge >= 0.3 is 0 Å². The van der Waals surface area contributed by atoms with E-state index in [0.717, 1.165) is 15.6 Å². The maximum absolute atomic E-state index is 13.5. The Morgan fingerprint density at radius 1 is 0.971 bits per heavy atom. The van der Waals surface area contributed by atoms with Gasteiger partial charge in [-0.15, -0.1) is 0 Å². The van der Waals surface area contributed by atoms with Crippen LogP contribution < -0.4 is 24.1 Å². The molecule has 0 saturated carbocycles. The number of methoxy groups -OCH3 is 2. The summed E-state index contributed by atoms with van der Waals surface area (Å²) in [5.74, 6) is 0.0988. The molecule has 3 aromatic carbocycles. The number of hydrogen-bond acceptors (Lipinski definition) is 7. The number of nitrogens with one attached hydrogen (secondary N) is 1. The van der Waals surface area contributed by atoms with Gasteiger partial charge in [-0.25, -0.2) is 13.8 Å². The van der Waals surface area contributed by atoms with E-state index in [1.54, 1.807) is 30.3 Å². The van der Waals surface area contributed by atoms with Gasteiger partial charge in [-0.1, -0.05) is 30.3 Å². The number of nitrogens with zero attached hydrogens (tertiary/aromatic N) is 3. The van der Waals surface area contributed by atoms with Crippen molar-refractivity contribution < 1.29 is 22.7 Å². The van der Waals surface area contributed by atoms with Gasteiger partial charge in [0.05, 0.1) is 31.0 Å². The van der Waals surface area contributed by atoms with Crippen molar-refractivity contribution in [3.63, 3.8) is 0 Å². The molecule has 0 heterocycles. The number of amides is 1. The monoisotopic (exact) mass is 496 g/mol. The van der Waals surface area contributed by atoms with E-state index in [1.807, 2.05) is 43.3 Å². The third-order valence-electron chi connectivity index (χ3n) is 5.09. The molecular weight excluding hydrogens is 468 g/mol. The van der Waals surface area contributed by atoms with Crippen molar-refractivity contribution in [2.24, 2.45) is 5.10 Å². The molecule has 184 valence electrons. The number of ether oxygens (including phenoxy) is 2. The first-order chi connectivity index (χ1) is 16.8. The van der Waals surface area contributed by atoms with Crippen molar-refractivity contribution in [2.45, 2.75) is 4.90 Å². The Hall–Kier alpha value is -4.05. The fourth-order valence-electron chi connectivity index (χ4n) is 3.21. The first-order valence-electron chi connectivity index (χ1n) is 10.7. The average molecular weight is 497 g/mol. The fourth-order valence-corrected chi connectivity index (χ4v) is 4.67. The molecule has 0 aliphatic carbocycles. The highest BCUT2D eigenvalue weighted by Crippen LogP contribution is 2.35. The second kappa shape index (κ2) is 11.4. The summed E-state index contributed by atoms with van der Waals surface area (Å²) in [7, 11) is 2.69. The summed E-state index contributed by atoms with van der Waals surface area (Å²) < 4.78 is 38.6. The number of rotatable bonds is 10. The third kappa shape index (κ3) is 6.30. The molecule has 1 N–H and O–H groups in total. The first kappa shape index (κ1) is 25.6. The largest absolute Gasteiger partial charge is 0.497 e. The molecule has 0 unspecified atom stereocenters. The highest BCUT2D eigenvalue weighted by Gasteiger charge is 2.29. The maximum Gasteiger partial charge on any atom is 0.264 e. The standard InChI is InChI=1S/C25H28N4O5S/c1-28(2)20-12-10-19(11-13-20)17-26-27-25(30)18-29(35(31,32)22-8-6-5-7-9-22)23-15-14-21(33-3)16-24(23)34-4/h5-17H,18H2,1-4H3,(H,27,30)/b26-17-. The molecule has 3 rings (SSSR count). The van der Waals surface area contributed by atoms with Crippen LogP contribution in [0.1, 0.15) is 5.56 Å². The lowest BCUT2D eigenvalue weighted by molar-refractivity contribution is -0.119. The van der Waals surface area contributed by atoms with Gasteiger partial charge in [-0.2, -0.15) is 5.10 Å². The Balaban J connectivity index is 1.86. The molecule has 0 atom stereocenters. The van der Waals surface area contributed by atoms with Gasteiger partial charge in [0.25, 0.3) is 15.9 Å². The second-order valence-corrected chi connectivity index (χ2v) is 9.50. The summed E-state index contributed by atoms with van der Waals surface area (Å²) >= 11 is 0. The highest BCUT2D eigenvalue weighted by atomic mass is 32.2. The van der Waals surface area contributed by atoms with E-state index in [9.17, 15) is 13.2 Å². The summed E-state index contributed by atoms with van der Waals surface area (Å²) in [5, 5.41) is 3.98. The Kier molecular flexibility index (Phi) is 8.32. The quantitative estimate of drug-likeness (QED) is 0.342. The van der Waals surface area contributed by atoms with E-state index in [1.165, 1.54) is 38.6 Å². The minimum Gasteiger partial charge on any atom is -0.497 e. The molecule has 35 heavy (non-hydrogen) atoms. The molecule has 3 aromatic rings. The van der Waals surface area contributed by atoms with Gasteiger partial charge in [0, 0.05) is 25.8 Å². The van der Waals surface area contributed by atoms with Crippen molar-refractivity contribution in [1.82, 2.24) is 5.43 Å². The molecule has 10 heteroatoms. The maximum atomic E-state index is 13.5. The topological polar surface area (TPSA) is 101 Å². The zero-order valence-electron chi connectivity index (χ0n) is 20.0. The minimum atomic E-state index is -4.10. The number of benzene rings is 3. The lowest BCUT2D eigenvalue weighted by Crippen LogP contribution is -2.39. The molecule has 1 amide bonds. The highest BCUT2D eigenvalue weighted by molar-refractivity contribution is 7.92. The van der Waals surface area contributed by atoms with Gasteiger partial charge in [0.15, 0.2) is 0 Å². The van der Waals surface area contributed by atoms with Crippen LogP contribution in [0.15, 0.2) is 82.8 Å². The number of hydrogen-bond donors (Lipinski definition) is 1. The molecule has 0 saturated heterocycles. The van der Waals surface area contributed by atoms with Gasteiger partial charge < -0.3 is 14.4 Å². The van der Waals surface area contributed by atoms with Crippen LogP contribution in [-0.4, -0.2) is 55.4 Å². The molecule has 0 bridgehead atoms. The molecule has 0 radical (unpaired) electrons. The van der Waals surface area contributed by atoms with Crippen molar-refractivity contribution in [3.8, 4) is 11.5 Å². The average Bonchev–Trinajstić information content (AvgIpc) is 2.87. The van der Waals surface area contributed by atoms with Gasteiger partial charge in [0.2, 0.25) is 0 Å². The minimum absolute atomic E-state index is 0.0372. The van der Waals surface area contributed by atoms with Crippen LogP contribution in [0.5, 0.6) is 11.5 Å². The van der Waals surface area contributed by atoms with E-state index >= 15 is 0 Å². The number of sulfonamides is 1. The SMILES string of the molecule is COc1ccc(N(CC(=O)N/N=C\c2ccc(N(C)C)cc2)S(=O)(=O)c2ccccc2)c(OC)c1. The Bertz CT molecular complexity index is 1280. The number of carbonyl (C=O) groups is 1. The predicted molar refractivity (Wildman–Crippen MR) is 137 cm³/mol. The van der Waals surface area contributed by atoms with E-state index < -0.39 is 22.5 Å². The van der Waals surface area contributed by atoms with Crippen LogP contribution in [0.25, 0.3) is 0 Å². The van der Waals surface area contributed by atoms with Crippen molar-refractivity contribution in [3.05, 3.63) is 78.4 Å². The van der Waals surface area contributed by atoms with Crippen molar-refractivity contribution in [1.29, 1.82) is 0 Å². The molecule has 9 nitrogen and oxygen atoms in total. The summed E-state index contributed by atoms with van der Waals surface area (Å²) in [6, 6.07) is 20.1. The van der Waals surface area contributed by atoms with E-state index in [-0.39, 0.29) is 16.3 Å². The zero-order chi connectivity index (χ0) is 25.4. The van der Waals surface area contributed by atoms with Crippen LogP contribution in [-0.2, 0) is 14.8 Å². The van der Waals surface area contributed by atoms with Gasteiger partial charge in [-0.3, -0.25) is 9.10 Å². The third-order valence-corrected chi connectivity index (χ3v) is 6.86. The molecule has 0 aromatic heterocycles. The molecule has 0 fully saturated rings. The van der Waals surface area contributed by atoms with Gasteiger partial charge in [0.1, 0.15) is 18.0 Å². The smallest absolute Gasteiger partial charge is 0.264 e. The van der Waals surface area contributed by atoms with Crippen LogP contribution in [0.4, 0.5) is 11.4 Å². The zero-order valence-corrected chi connectivity index (χ0v) is 20.8. The number of hydrazone groups is 1. The van der Waals surface area contributed by atoms with Crippen LogP contribution in [0.3, 0.4) is 0 Å². The molecule has 0 aliphatic heterocycles. The first-order valence-corrected chi connectivity index (χ1v) is 12.1. The Labute approximate surface area is 205 Å². The summed E-state index contributed by atoms with van der Waals surface area (Å²) in [5.41, 5.74) is 4.40. The number of carbonyl (C=O) groups excluding carboxylic acids is 1. The molecule has 0 aliphatic rings. The fraction of sp³-hybridized carbons (Fsp3) is 0.200. The summed E-state index contributed by atoms with van der Waals surface area (Å²) in [6.45, 7) is -0.517. The van der Waals surface area contributed by atoms with E-state index in [2.05, 4.69) is 10.5 Å². The van der Waals surface area contributed by atoms with E-state index in [4.69, 9.17) is 9.47 Å². The number of anilines is 2. The lowest BCUT2D eigenvalue weighted by atomic mass is 10.2. The van der Waals surface area contributed by atoms with Crippen LogP contribution in [0, 0.1) is 0 Å². The predicted octanol–water partition coefficient (Wildman–Crippen LogP) is 3.12. The Morgan fingerprint density at radius 3 is 2.26 bits per heavy atom. The second-order valence-electron chi connectivity index (χ2n) is 7.64. The lowest BCUT2D eigenvalue weighted by Gasteiger charge is -2.25. The molecular formula is C25H28N4O5S. The summed E-state index contributed by atoms with van der Waals surface area (Å²) in [4.78, 5) is 14.8. The van der Waals surface area contributed by atoms with Crippen LogP contribution >= 0.6 is 0 Å². The van der Waals surface area contributed by atoms with E-state index in [0.29, 0.717) is 5.75 Å².